The molecule has 1 rings (SSSR count). The minimum absolute atomic E-state index is 0.0785. The molecule has 0 aliphatic rings. The molecule has 0 amide bonds. The molecular formula is C9H13F3N2. The molecule has 14 heavy (non-hydrogen) atoms. The monoisotopic (exact) mass is 206 g/mol. The average Bonchev–Trinajstić information content (AvgIpc) is 2.04. The van der Waals surface area contributed by atoms with Gasteiger partial charge in [0.05, 0.1) is 0 Å². The summed E-state index contributed by atoms with van der Waals surface area (Å²) in [7, 11) is 0. The Hall–Kier alpha value is -1.26. The Morgan fingerprint density at radius 3 is 2.07 bits per heavy atom. The van der Waals surface area contributed by atoms with Crippen molar-refractivity contribution in [1.82, 2.24) is 4.98 Å². The van der Waals surface area contributed by atoms with Crippen LogP contribution in [0.4, 0.5) is 18.9 Å². The number of anilines is 1. The van der Waals surface area contributed by atoms with Gasteiger partial charge in [0.2, 0.25) is 0 Å². The van der Waals surface area contributed by atoms with Gasteiger partial charge in [-0.1, -0.05) is 13.8 Å². The molecule has 0 fully saturated rings. The van der Waals surface area contributed by atoms with Gasteiger partial charge in [0, 0.05) is 11.4 Å². The number of halogens is 3. The predicted molar refractivity (Wildman–Crippen MR) is 49.7 cm³/mol. The largest absolute Gasteiger partial charge is 0.433 e. The molecule has 0 unspecified atom stereocenters. The quantitative estimate of drug-likeness (QED) is 0.708. The van der Waals surface area contributed by atoms with Gasteiger partial charge in [-0.3, -0.25) is 0 Å². The Kier molecular flexibility index (Phi) is 4.40. The van der Waals surface area contributed by atoms with E-state index in [9.17, 15) is 13.2 Å². The molecule has 0 atom stereocenters. The third kappa shape index (κ3) is 3.64. The Labute approximate surface area is 81.0 Å². The molecule has 0 aliphatic carbocycles. The van der Waals surface area contributed by atoms with Crippen molar-refractivity contribution in [3.8, 4) is 0 Å². The first-order valence-electron chi connectivity index (χ1n) is 4.21. The predicted octanol–water partition coefficient (Wildman–Crippen LogP) is 3.02. The number of hydrogen-bond acceptors (Lipinski definition) is 2. The first kappa shape index (κ1) is 12.7. The maximum Gasteiger partial charge on any atom is 0.433 e. The lowest BCUT2D eigenvalue weighted by Gasteiger charge is -2.06. The highest BCUT2D eigenvalue weighted by Crippen LogP contribution is 2.28. The second kappa shape index (κ2) is 4.83. The maximum atomic E-state index is 12.0. The molecule has 0 bridgehead atoms. The highest BCUT2D eigenvalue weighted by Gasteiger charge is 2.32. The molecule has 0 saturated heterocycles. The van der Waals surface area contributed by atoms with E-state index in [2.05, 4.69) is 4.98 Å². The zero-order valence-corrected chi connectivity index (χ0v) is 8.31. The standard InChI is InChI=1S/C7H7F3N2.C2H6/c1-4-2-5(11)3-6(12-4)7(8,9)10;1-2/h2-3H,1H3,(H2,11,12);1-2H3. The number of aryl methyl sites for hydroxylation is 1. The van der Waals surface area contributed by atoms with Gasteiger partial charge >= 0.3 is 6.18 Å². The van der Waals surface area contributed by atoms with Crippen LogP contribution < -0.4 is 5.73 Å². The minimum atomic E-state index is -4.42. The van der Waals surface area contributed by atoms with Crippen LogP contribution >= 0.6 is 0 Å². The van der Waals surface area contributed by atoms with E-state index in [1.165, 1.54) is 13.0 Å². The fraction of sp³-hybridized carbons (Fsp3) is 0.444. The van der Waals surface area contributed by atoms with Crippen LogP contribution in [0.2, 0.25) is 0 Å². The van der Waals surface area contributed by atoms with Gasteiger partial charge in [0.15, 0.2) is 0 Å². The minimum Gasteiger partial charge on any atom is -0.399 e. The molecule has 0 radical (unpaired) electrons. The summed E-state index contributed by atoms with van der Waals surface area (Å²) in [6.45, 7) is 5.46. The number of pyridine rings is 1. The van der Waals surface area contributed by atoms with Crippen molar-refractivity contribution < 1.29 is 13.2 Å². The molecule has 80 valence electrons. The Bertz CT molecular complexity index is 274. The zero-order valence-electron chi connectivity index (χ0n) is 8.31. The summed E-state index contributed by atoms with van der Waals surface area (Å²) < 4.78 is 36.1. The van der Waals surface area contributed by atoms with Crippen molar-refractivity contribution in [2.24, 2.45) is 0 Å². The van der Waals surface area contributed by atoms with Gasteiger partial charge in [-0.2, -0.15) is 13.2 Å². The van der Waals surface area contributed by atoms with Crippen LogP contribution in [0.25, 0.3) is 0 Å². The lowest BCUT2D eigenvalue weighted by atomic mass is 10.2. The van der Waals surface area contributed by atoms with Crippen LogP contribution in [0.15, 0.2) is 12.1 Å². The summed E-state index contributed by atoms with van der Waals surface area (Å²) in [6.07, 6.45) is -4.42. The van der Waals surface area contributed by atoms with E-state index < -0.39 is 11.9 Å². The third-order valence-corrected chi connectivity index (χ3v) is 1.27. The van der Waals surface area contributed by atoms with Crippen LogP contribution in [-0.4, -0.2) is 4.98 Å². The van der Waals surface area contributed by atoms with Crippen LogP contribution in [-0.2, 0) is 6.18 Å². The molecule has 2 N–H and O–H groups in total. The number of nitrogens with two attached hydrogens (primary N) is 1. The lowest BCUT2D eigenvalue weighted by Crippen LogP contribution is -2.09. The molecule has 2 nitrogen and oxygen atoms in total. The van der Waals surface area contributed by atoms with E-state index in [1.54, 1.807) is 0 Å². The normalized spacial score (nSPS) is 10.4. The summed E-state index contributed by atoms with van der Waals surface area (Å²) in [5, 5.41) is 0. The van der Waals surface area contributed by atoms with Crippen LogP contribution in [0.1, 0.15) is 25.2 Å². The highest BCUT2D eigenvalue weighted by atomic mass is 19.4. The van der Waals surface area contributed by atoms with Gasteiger partial charge in [0.1, 0.15) is 5.69 Å². The second-order valence-electron chi connectivity index (χ2n) is 2.42. The summed E-state index contributed by atoms with van der Waals surface area (Å²) >= 11 is 0. The first-order valence-corrected chi connectivity index (χ1v) is 4.21. The van der Waals surface area contributed by atoms with E-state index in [0.717, 1.165) is 6.07 Å². The lowest BCUT2D eigenvalue weighted by molar-refractivity contribution is -0.141. The van der Waals surface area contributed by atoms with E-state index in [4.69, 9.17) is 5.73 Å². The smallest absolute Gasteiger partial charge is 0.399 e. The molecule has 0 saturated carbocycles. The Morgan fingerprint density at radius 1 is 1.21 bits per heavy atom. The van der Waals surface area contributed by atoms with Gasteiger partial charge in [-0.25, -0.2) is 4.98 Å². The number of nitrogens with zero attached hydrogens (tertiary/aromatic N) is 1. The van der Waals surface area contributed by atoms with Crippen molar-refractivity contribution in [1.29, 1.82) is 0 Å². The number of hydrogen-bond donors (Lipinski definition) is 1. The maximum absolute atomic E-state index is 12.0. The van der Waals surface area contributed by atoms with Gasteiger partial charge in [-0.05, 0) is 19.1 Å². The number of nitrogen functional groups attached to an aromatic ring is 1. The number of alkyl halides is 3. The van der Waals surface area contributed by atoms with Crippen molar-refractivity contribution >= 4 is 5.69 Å². The van der Waals surface area contributed by atoms with Gasteiger partial charge in [-0.15, -0.1) is 0 Å². The molecule has 1 aromatic rings. The first-order chi connectivity index (χ1) is 6.39. The van der Waals surface area contributed by atoms with Crippen LogP contribution in [0.3, 0.4) is 0 Å². The molecule has 5 heteroatoms. The average molecular weight is 206 g/mol. The molecule has 1 aromatic heterocycles. The summed E-state index contributed by atoms with van der Waals surface area (Å²) in [6, 6.07) is 2.20. The highest BCUT2D eigenvalue weighted by molar-refractivity contribution is 5.40. The van der Waals surface area contributed by atoms with Crippen molar-refractivity contribution in [2.75, 3.05) is 5.73 Å². The summed E-state index contributed by atoms with van der Waals surface area (Å²) in [4.78, 5) is 3.30. The van der Waals surface area contributed by atoms with Gasteiger partial charge in [0.25, 0.3) is 0 Å². The molecule has 0 spiro atoms. The molecular weight excluding hydrogens is 193 g/mol. The van der Waals surface area contributed by atoms with Crippen LogP contribution in [0, 0.1) is 6.92 Å². The Morgan fingerprint density at radius 2 is 1.71 bits per heavy atom. The fourth-order valence-corrected chi connectivity index (χ4v) is 0.840. The van der Waals surface area contributed by atoms with Crippen molar-refractivity contribution in [2.45, 2.75) is 26.9 Å². The van der Waals surface area contributed by atoms with Crippen molar-refractivity contribution in [3.05, 3.63) is 23.5 Å². The van der Waals surface area contributed by atoms with E-state index in [-0.39, 0.29) is 11.4 Å². The molecule has 0 aliphatic heterocycles. The topological polar surface area (TPSA) is 38.9 Å². The third-order valence-electron chi connectivity index (χ3n) is 1.27. The van der Waals surface area contributed by atoms with Gasteiger partial charge < -0.3 is 5.73 Å². The molecule has 0 aromatic carbocycles. The summed E-state index contributed by atoms with van der Waals surface area (Å²) in [5.41, 5.74) is 4.62. The van der Waals surface area contributed by atoms with Crippen LogP contribution in [0.5, 0.6) is 0 Å². The number of aromatic nitrogens is 1. The summed E-state index contributed by atoms with van der Waals surface area (Å²) in [5.74, 6) is 0. The fourth-order valence-electron chi connectivity index (χ4n) is 0.840. The number of rotatable bonds is 0. The van der Waals surface area contributed by atoms with E-state index in [1.807, 2.05) is 13.8 Å². The zero-order chi connectivity index (χ0) is 11.4. The van der Waals surface area contributed by atoms with E-state index >= 15 is 0 Å². The van der Waals surface area contributed by atoms with E-state index in [0.29, 0.717) is 0 Å². The van der Waals surface area contributed by atoms with Crippen molar-refractivity contribution in [3.63, 3.8) is 0 Å². The Balaban J connectivity index is 0.000000791. The SMILES string of the molecule is CC.Cc1cc(N)cc(C(F)(F)F)n1. The second-order valence-corrected chi connectivity index (χ2v) is 2.42. The molecule has 1 heterocycles.